The van der Waals surface area contributed by atoms with Gasteiger partial charge >= 0.3 is 0 Å². The molecule has 0 radical (unpaired) electrons. The first-order valence-corrected chi connectivity index (χ1v) is 6.50. The number of nitrogens with zero attached hydrogens (tertiary/aromatic N) is 2. The van der Waals surface area contributed by atoms with E-state index < -0.39 is 0 Å². The molecule has 0 saturated heterocycles. The van der Waals surface area contributed by atoms with Crippen molar-refractivity contribution >= 4 is 11.8 Å². The third-order valence-electron chi connectivity index (χ3n) is 2.35. The predicted molar refractivity (Wildman–Crippen MR) is 71.0 cm³/mol. The number of aromatic amines is 1. The number of nitrogens with one attached hydrogen (secondary N) is 1. The van der Waals surface area contributed by atoms with Gasteiger partial charge in [0, 0.05) is 18.4 Å². The molecule has 0 fully saturated rings. The lowest BCUT2D eigenvalue weighted by Crippen LogP contribution is -1.91. The molecular formula is C12H15N3O2S. The number of ether oxygens (including phenoxy) is 2. The van der Waals surface area contributed by atoms with E-state index in [0.29, 0.717) is 6.61 Å². The molecule has 0 aliphatic heterocycles. The summed E-state index contributed by atoms with van der Waals surface area (Å²) in [5, 5.41) is 7.80. The lowest BCUT2D eigenvalue weighted by Gasteiger charge is -1.99. The van der Waals surface area contributed by atoms with Crippen LogP contribution in [-0.2, 0) is 4.74 Å². The summed E-state index contributed by atoms with van der Waals surface area (Å²) >= 11 is 1.56. The van der Waals surface area contributed by atoms with Gasteiger partial charge in [0.1, 0.15) is 5.75 Å². The van der Waals surface area contributed by atoms with Crippen molar-refractivity contribution in [3.63, 3.8) is 0 Å². The number of thioether (sulfide) groups is 1. The van der Waals surface area contributed by atoms with Crippen LogP contribution in [0.15, 0.2) is 29.4 Å². The maximum atomic E-state index is 5.11. The van der Waals surface area contributed by atoms with Gasteiger partial charge < -0.3 is 9.47 Å². The van der Waals surface area contributed by atoms with Gasteiger partial charge in [-0.15, -0.1) is 5.10 Å². The molecule has 1 N–H and O–H groups in total. The van der Waals surface area contributed by atoms with Gasteiger partial charge in [-0.05, 0) is 24.3 Å². The molecule has 0 spiro atoms. The summed E-state index contributed by atoms with van der Waals surface area (Å²) in [6, 6.07) is 7.69. The lowest BCUT2D eigenvalue weighted by atomic mass is 10.2. The van der Waals surface area contributed by atoms with Gasteiger partial charge in [0.15, 0.2) is 5.82 Å². The first kappa shape index (κ1) is 12.9. The summed E-state index contributed by atoms with van der Waals surface area (Å²) < 4.78 is 10.1. The minimum atomic E-state index is 0.692. The van der Waals surface area contributed by atoms with Crippen molar-refractivity contribution in [3.05, 3.63) is 24.3 Å². The van der Waals surface area contributed by atoms with Crippen molar-refractivity contribution in [1.82, 2.24) is 15.2 Å². The largest absolute Gasteiger partial charge is 0.497 e. The normalized spacial score (nSPS) is 10.6. The predicted octanol–water partition coefficient (Wildman–Crippen LogP) is 2.22. The highest BCUT2D eigenvalue weighted by molar-refractivity contribution is 7.99. The molecular weight excluding hydrogens is 250 g/mol. The molecule has 1 heterocycles. The molecule has 2 aromatic rings. The lowest BCUT2D eigenvalue weighted by molar-refractivity contribution is 0.218. The molecule has 0 amide bonds. The first-order chi connectivity index (χ1) is 8.83. The fourth-order valence-corrected chi connectivity index (χ4v) is 2.10. The Kier molecular flexibility index (Phi) is 4.60. The summed E-state index contributed by atoms with van der Waals surface area (Å²) in [6.07, 6.45) is 0. The number of rotatable bonds is 6. The van der Waals surface area contributed by atoms with Crippen molar-refractivity contribution in [2.75, 3.05) is 26.6 Å². The van der Waals surface area contributed by atoms with Crippen LogP contribution in [0.5, 0.6) is 5.75 Å². The highest BCUT2D eigenvalue weighted by atomic mass is 32.2. The van der Waals surface area contributed by atoms with Gasteiger partial charge in [-0.3, -0.25) is 5.10 Å². The number of methoxy groups -OCH3 is 2. The van der Waals surface area contributed by atoms with Crippen LogP contribution in [-0.4, -0.2) is 41.8 Å². The molecule has 18 heavy (non-hydrogen) atoms. The smallest absolute Gasteiger partial charge is 0.208 e. The summed E-state index contributed by atoms with van der Waals surface area (Å²) in [4.78, 5) is 4.41. The average Bonchev–Trinajstić information content (AvgIpc) is 2.88. The van der Waals surface area contributed by atoms with Crippen LogP contribution in [0.1, 0.15) is 0 Å². The number of H-pyrrole nitrogens is 1. The van der Waals surface area contributed by atoms with Crippen LogP contribution in [0, 0.1) is 0 Å². The Morgan fingerprint density at radius 2 is 2.00 bits per heavy atom. The number of benzene rings is 1. The molecule has 0 atom stereocenters. The Morgan fingerprint density at radius 1 is 1.22 bits per heavy atom. The molecule has 0 saturated carbocycles. The van der Waals surface area contributed by atoms with E-state index in [9.17, 15) is 0 Å². The van der Waals surface area contributed by atoms with Crippen LogP contribution in [0.25, 0.3) is 11.4 Å². The van der Waals surface area contributed by atoms with Crippen LogP contribution in [0.2, 0.25) is 0 Å². The first-order valence-electron chi connectivity index (χ1n) is 5.52. The van der Waals surface area contributed by atoms with E-state index in [1.807, 2.05) is 24.3 Å². The zero-order valence-corrected chi connectivity index (χ0v) is 11.2. The maximum Gasteiger partial charge on any atom is 0.208 e. The fraction of sp³-hybridized carbons (Fsp3) is 0.333. The second kappa shape index (κ2) is 6.42. The van der Waals surface area contributed by atoms with E-state index in [-0.39, 0.29) is 0 Å². The molecule has 0 aliphatic carbocycles. The minimum Gasteiger partial charge on any atom is -0.497 e. The van der Waals surface area contributed by atoms with Crippen molar-refractivity contribution in [3.8, 4) is 17.1 Å². The molecule has 1 aromatic heterocycles. The molecule has 96 valence electrons. The monoisotopic (exact) mass is 265 g/mol. The second-order valence-electron chi connectivity index (χ2n) is 3.54. The van der Waals surface area contributed by atoms with E-state index in [1.165, 1.54) is 0 Å². The Bertz CT molecular complexity index is 484. The Morgan fingerprint density at radius 3 is 2.67 bits per heavy atom. The second-order valence-corrected chi connectivity index (χ2v) is 4.60. The SMILES string of the molecule is COCCSc1n[nH]c(-c2ccc(OC)cc2)n1. The molecule has 6 heteroatoms. The Labute approximate surface area is 110 Å². The van der Waals surface area contributed by atoms with Gasteiger partial charge in [-0.2, -0.15) is 0 Å². The van der Waals surface area contributed by atoms with E-state index in [1.54, 1.807) is 26.0 Å². The minimum absolute atomic E-state index is 0.692. The molecule has 0 aliphatic rings. The summed E-state index contributed by atoms with van der Waals surface area (Å²) in [5.74, 6) is 2.43. The summed E-state index contributed by atoms with van der Waals surface area (Å²) in [5.41, 5.74) is 0.988. The number of hydrogen-bond donors (Lipinski definition) is 1. The Hall–Kier alpha value is -1.53. The van der Waals surface area contributed by atoms with E-state index in [2.05, 4.69) is 15.2 Å². The maximum absolute atomic E-state index is 5.11. The standard InChI is InChI=1S/C12H15N3O2S/c1-16-7-8-18-12-13-11(14-15-12)9-3-5-10(17-2)6-4-9/h3-6H,7-8H2,1-2H3,(H,13,14,15). The topological polar surface area (TPSA) is 60.0 Å². The van der Waals surface area contributed by atoms with Gasteiger partial charge in [0.05, 0.1) is 13.7 Å². The van der Waals surface area contributed by atoms with Gasteiger partial charge in [0.25, 0.3) is 0 Å². The van der Waals surface area contributed by atoms with Crippen LogP contribution >= 0.6 is 11.8 Å². The third kappa shape index (κ3) is 3.24. The zero-order valence-electron chi connectivity index (χ0n) is 10.3. The molecule has 0 bridgehead atoms. The van der Waals surface area contributed by atoms with Crippen molar-refractivity contribution in [2.24, 2.45) is 0 Å². The fourth-order valence-electron chi connectivity index (χ4n) is 1.41. The van der Waals surface area contributed by atoms with Crippen LogP contribution in [0.4, 0.5) is 0 Å². The third-order valence-corrected chi connectivity index (χ3v) is 3.16. The summed E-state index contributed by atoms with van der Waals surface area (Å²) in [7, 11) is 3.33. The highest BCUT2D eigenvalue weighted by Crippen LogP contribution is 2.21. The molecule has 1 aromatic carbocycles. The van der Waals surface area contributed by atoms with Crippen molar-refractivity contribution < 1.29 is 9.47 Å². The van der Waals surface area contributed by atoms with Crippen LogP contribution < -0.4 is 4.74 Å². The highest BCUT2D eigenvalue weighted by Gasteiger charge is 2.06. The average molecular weight is 265 g/mol. The molecule has 2 rings (SSSR count). The summed E-state index contributed by atoms with van der Waals surface area (Å²) in [6.45, 7) is 0.692. The zero-order chi connectivity index (χ0) is 12.8. The number of hydrogen-bond acceptors (Lipinski definition) is 5. The van der Waals surface area contributed by atoms with Crippen molar-refractivity contribution in [1.29, 1.82) is 0 Å². The quantitative estimate of drug-likeness (QED) is 0.641. The van der Waals surface area contributed by atoms with E-state index in [0.717, 1.165) is 28.0 Å². The number of aromatic nitrogens is 3. The van der Waals surface area contributed by atoms with Crippen molar-refractivity contribution in [2.45, 2.75) is 5.16 Å². The molecule has 0 unspecified atom stereocenters. The van der Waals surface area contributed by atoms with Gasteiger partial charge in [-0.1, -0.05) is 11.8 Å². The van der Waals surface area contributed by atoms with E-state index in [4.69, 9.17) is 9.47 Å². The molecule has 5 nitrogen and oxygen atoms in total. The van der Waals surface area contributed by atoms with Crippen LogP contribution in [0.3, 0.4) is 0 Å². The van der Waals surface area contributed by atoms with E-state index >= 15 is 0 Å². The Balaban J connectivity index is 2.04. The van der Waals surface area contributed by atoms with Gasteiger partial charge in [-0.25, -0.2) is 4.98 Å². The van der Waals surface area contributed by atoms with Gasteiger partial charge in [0.2, 0.25) is 5.16 Å².